The molecule has 0 bridgehead atoms. The van der Waals surface area contributed by atoms with Crippen molar-refractivity contribution in [3.05, 3.63) is 78.2 Å². The van der Waals surface area contributed by atoms with Crippen LogP contribution in [-0.2, 0) is 4.79 Å². The highest BCUT2D eigenvalue weighted by molar-refractivity contribution is 7.99. The lowest BCUT2D eigenvalue weighted by molar-refractivity contribution is -0.122. The summed E-state index contributed by atoms with van der Waals surface area (Å²) in [5, 5.41) is 5.73. The first-order valence-corrected chi connectivity index (χ1v) is 12.8. The van der Waals surface area contributed by atoms with E-state index < -0.39 is 17.9 Å². The van der Waals surface area contributed by atoms with E-state index in [0.717, 1.165) is 31.7 Å². The molecule has 12 heteroatoms. The average molecular weight is 543 g/mol. The highest BCUT2D eigenvalue weighted by Gasteiger charge is 2.23. The first-order chi connectivity index (χ1) is 18.4. The van der Waals surface area contributed by atoms with Crippen LogP contribution in [-0.4, -0.2) is 78.0 Å². The number of rotatable bonds is 10. The number of ether oxygens (including phenoxy) is 1. The molecular weight excluding hydrogens is 514 g/mol. The van der Waals surface area contributed by atoms with E-state index in [1.54, 1.807) is 42.9 Å². The van der Waals surface area contributed by atoms with Gasteiger partial charge in [-0.05, 0) is 61.1 Å². The number of nitrogens with one attached hydrogen (secondary N) is 2. The molecule has 200 valence electrons. The van der Waals surface area contributed by atoms with Gasteiger partial charge in [0.05, 0.1) is 12.1 Å². The van der Waals surface area contributed by atoms with Crippen molar-refractivity contribution in [2.24, 2.45) is 0 Å². The van der Waals surface area contributed by atoms with E-state index in [2.05, 4.69) is 42.2 Å². The SMILES string of the molecule is CN1CCN(CC(=O)NC(Sc2ncccc2C(=O)Nc2ccc(OC(F)F)cc2)c2ccncc2)CC1. The number of amides is 2. The molecule has 3 heterocycles. The third kappa shape index (κ3) is 7.94. The number of hydrogen-bond acceptors (Lipinski definition) is 8. The standard InChI is InChI=1S/C26H28F2N6O3S/c1-33-13-15-34(16-14-33)17-22(35)32-24(18-8-11-29-12-9-18)38-25-21(3-2-10-30-25)23(36)31-19-4-6-20(7-5-19)37-26(27)28/h2-12,24,26H,13-17H2,1H3,(H,31,36)(H,32,35). The number of aromatic nitrogens is 2. The predicted octanol–water partition coefficient (Wildman–Crippen LogP) is 3.48. The molecule has 1 unspecified atom stereocenters. The van der Waals surface area contributed by atoms with Crippen LogP contribution in [0.2, 0.25) is 0 Å². The van der Waals surface area contributed by atoms with Crippen molar-refractivity contribution in [1.29, 1.82) is 0 Å². The lowest BCUT2D eigenvalue weighted by atomic mass is 10.2. The molecule has 1 fully saturated rings. The summed E-state index contributed by atoms with van der Waals surface area (Å²) in [6.07, 6.45) is 4.86. The van der Waals surface area contributed by atoms with Crippen LogP contribution in [0.4, 0.5) is 14.5 Å². The molecule has 1 atom stereocenters. The Hall–Kier alpha value is -3.61. The van der Waals surface area contributed by atoms with Crippen LogP contribution in [0.3, 0.4) is 0 Å². The Morgan fingerprint density at radius 2 is 1.74 bits per heavy atom. The zero-order valence-corrected chi connectivity index (χ0v) is 21.5. The molecule has 1 aliphatic heterocycles. The van der Waals surface area contributed by atoms with Gasteiger partial charge in [-0.15, -0.1) is 0 Å². The number of hydrogen-bond donors (Lipinski definition) is 2. The van der Waals surface area contributed by atoms with Crippen molar-refractivity contribution in [1.82, 2.24) is 25.1 Å². The third-order valence-corrected chi connectivity index (χ3v) is 7.02. The number of carbonyl (C=O) groups excluding carboxylic acids is 2. The summed E-state index contributed by atoms with van der Waals surface area (Å²) in [6, 6.07) is 12.5. The molecule has 4 rings (SSSR count). The van der Waals surface area contributed by atoms with Crippen LogP contribution in [0.15, 0.2) is 72.1 Å². The number of halogens is 2. The smallest absolute Gasteiger partial charge is 0.387 e. The van der Waals surface area contributed by atoms with Gasteiger partial charge in [0.25, 0.3) is 5.91 Å². The quantitative estimate of drug-likeness (QED) is 0.297. The van der Waals surface area contributed by atoms with Gasteiger partial charge in [-0.1, -0.05) is 11.8 Å². The Labute approximate surface area is 223 Å². The minimum absolute atomic E-state index is 0.0110. The molecule has 38 heavy (non-hydrogen) atoms. The molecule has 3 aromatic rings. The van der Waals surface area contributed by atoms with E-state index in [4.69, 9.17) is 0 Å². The van der Waals surface area contributed by atoms with Crippen molar-refractivity contribution >= 4 is 29.3 Å². The van der Waals surface area contributed by atoms with Crippen LogP contribution < -0.4 is 15.4 Å². The third-order valence-electron chi connectivity index (χ3n) is 5.85. The minimum Gasteiger partial charge on any atom is -0.435 e. The molecule has 0 saturated carbocycles. The Balaban J connectivity index is 1.47. The molecule has 2 aromatic heterocycles. The molecule has 0 aliphatic carbocycles. The maximum atomic E-state index is 13.1. The number of alkyl halides is 2. The number of piperazine rings is 1. The van der Waals surface area contributed by atoms with E-state index in [9.17, 15) is 18.4 Å². The lowest BCUT2D eigenvalue weighted by Crippen LogP contribution is -2.48. The van der Waals surface area contributed by atoms with Crippen molar-refractivity contribution < 1.29 is 23.1 Å². The minimum atomic E-state index is -2.93. The summed E-state index contributed by atoms with van der Waals surface area (Å²) in [4.78, 5) is 38.9. The second-order valence-electron chi connectivity index (χ2n) is 8.64. The summed E-state index contributed by atoms with van der Waals surface area (Å²) < 4.78 is 29.1. The van der Waals surface area contributed by atoms with Crippen LogP contribution in [0.1, 0.15) is 21.3 Å². The number of anilines is 1. The first-order valence-electron chi connectivity index (χ1n) is 12.0. The van der Waals surface area contributed by atoms with Gasteiger partial charge >= 0.3 is 6.61 Å². The van der Waals surface area contributed by atoms with Gasteiger partial charge in [-0.25, -0.2) is 4.98 Å². The van der Waals surface area contributed by atoms with Gasteiger partial charge in [0.1, 0.15) is 16.1 Å². The van der Waals surface area contributed by atoms with Crippen LogP contribution in [0.5, 0.6) is 5.75 Å². The fourth-order valence-corrected chi connectivity index (χ4v) is 4.92. The van der Waals surface area contributed by atoms with Gasteiger partial charge in [0.15, 0.2) is 0 Å². The zero-order chi connectivity index (χ0) is 26.9. The van der Waals surface area contributed by atoms with Gasteiger partial charge in [-0.2, -0.15) is 8.78 Å². The highest BCUT2D eigenvalue weighted by Crippen LogP contribution is 2.34. The molecule has 0 radical (unpaired) electrons. The summed E-state index contributed by atoms with van der Waals surface area (Å²) in [5.41, 5.74) is 1.52. The van der Waals surface area contributed by atoms with Crippen LogP contribution in [0.25, 0.3) is 0 Å². The Morgan fingerprint density at radius 1 is 1.03 bits per heavy atom. The van der Waals surface area contributed by atoms with Crippen LogP contribution >= 0.6 is 11.8 Å². The van der Waals surface area contributed by atoms with E-state index >= 15 is 0 Å². The molecule has 0 spiro atoms. The summed E-state index contributed by atoms with van der Waals surface area (Å²) >= 11 is 1.25. The molecule has 2 N–H and O–H groups in total. The predicted molar refractivity (Wildman–Crippen MR) is 140 cm³/mol. The van der Waals surface area contributed by atoms with Crippen molar-refractivity contribution in [3.8, 4) is 5.75 Å². The molecule has 2 amide bonds. The number of nitrogens with zero attached hydrogens (tertiary/aromatic N) is 4. The van der Waals surface area contributed by atoms with E-state index in [1.807, 2.05) is 0 Å². The summed E-state index contributed by atoms with van der Waals surface area (Å²) in [6.45, 7) is 0.791. The number of carbonyl (C=O) groups is 2. The van der Waals surface area contributed by atoms with Crippen molar-refractivity contribution in [2.45, 2.75) is 17.0 Å². The maximum absolute atomic E-state index is 13.1. The monoisotopic (exact) mass is 542 g/mol. The Kier molecular flexibility index (Phi) is 9.57. The second kappa shape index (κ2) is 13.3. The number of thioether (sulfide) groups is 1. The Morgan fingerprint density at radius 3 is 2.42 bits per heavy atom. The molecule has 1 saturated heterocycles. The van der Waals surface area contributed by atoms with Crippen LogP contribution in [0, 0.1) is 0 Å². The van der Waals surface area contributed by atoms with Gasteiger partial charge in [0.2, 0.25) is 5.91 Å². The molecule has 1 aromatic carbocycles. The van der Waals surface area contributed by atoms with Gasteiger partial charge in [-0.3, -0.25) is 19.5 Å². The lowest BCUT2D eigenvalue weighted by Gasteiger charge is -2.32. The fraction of sp³-hybridized carbons (Fsp3) is 0.308. The number of benzene rings is 1. The number of pyridine rings is 2. The van der Waals surface area contributed by atoms with Gasteiger partial charge in [0, 0.05) is 50.5 Å². The second-order valence-corrected chi connectivity index (χ2v) is 9.73. The van der Waals surface area contributed by atoms with Gasteiger partial charge < -0.3 is 20.3 Å². The zero-order valence-electron chi connectivity index (χ0n) is 20.7. The van der Waals surface area contributed by atoms with E-state index in [1.165, 1.54) is 36.0 Å². The topological polar surface area (TPSA) is 99.7 Å². The normalized spacial score (nSPS) is 15.2. The fourth-order valence-electron chi connectivity index (χ4n) is 3.81. The van der Waals surface area contributed by atoms with Crippen molar-refractivity contribution in [3.63, 3.8) is 0 Å². The average Bonchev–Trinajstić information content (AvgIpc) is 2.91. The van der Waals surface area contributed by atoms with E-state index in [-0.39, 0.29) is 18.2 Å². The summed E-state index contributed by atoms with van der Waals surface area (Å²) in [5.74, 6) is -0.569. The molecule has 9 nitrogen and oxygen atoms in total. The largest absolute Gasteiger partial charge is 0.435 e. The summed E-state index contributed by atoms with van der Waals surface area (Å²) in [7, 11) is 2.06. The van der Waals surface area contributed by atoms with Crippen molar-refractivity contribution in [2.75, 3.05) is 45.1 Å². The maximum Gasteiger partial charge on any atom is 0.387 e. The highest BCUT2D eigenvalue weighted by atomic mass is 32.2. The molecule has 1 aliphatic rings. The van der Waals surface area contributed by atoms with E-state index in [0.29, 0.717) is 16.3 Å². The Bertz CT molecular complexity index is 1210. The first kappa shape index (κ1) is 27.4. The number of likely N-dealkylation sites (N-methyl/N-ethyl adjacent to an activating group) is 1. The molecular formula is C26H28F2N6O3S.